The van der Waals surface area contributed by atoms with Gasteiger partial charge in [0, 0.05) is 32.1 Å². The van der Waals surface area contributed by atoms with Gasteiger partial charge in [-0.2, -0.15) is 9.40 Å². The van der Waals surface area contributed by atoms with Gasteiger partial charge in [-0.25, -0.2) is 8.42 Å². The Bertz CT molecular complexity index is 926. The highest BCUT2D eigenvalue weighted by atomic mass is 32.2. The largest absolute Gasteiger partial charge is 0.339 e. The smallest absolute Gasteiger partial charge is 0.257 e. The first-order valence-electron chi connectivity index (χ1n) is 10.4. The zero-order chi connectivity index (χ0) is 20.3. The molecule has 3 heterocycles. The summed E-state index contributed by atoms with van der Waals surface area (Å²) in [5.41, 5.74) is 1.51. The van der Waals surface area contributed by atoms with Gasteiger partial charge in [0.2, 0.25) is 10.0 Å². The summed E-state index contributed by atoms with van der Waals surface area (Å²) in [6.07, 6.45) is 7.44. The Morgan fingerprint density at radius 1 is 0.966 bits per heavy atom. The Morgan fingerprint density at radius 2 is 1.62 bits per heavy atom. The molecule has 156 valence electrons. The van der Waals surface area contributed by atoms with E-state index in [0.717, 1.165) is 31.6 Å². The summed E-state index contributed by atoms with van der Waals surface area (Å²) < 4.78 is 27.2. The van der Waals surface area contributed by atoms with Crippen molar-refractivity contribution < 1.29 is 13.2 Å². The number of nitrogens with zero attached hydrogens (tertiary/aromatic N) is 3. The molecular weight excluding hydrogens is 388 g/mol. The van der Waals surface area contributed by atoms with Crippen molar-refractivity contribution in [1.29, 1.82) is 0 Å². The number of hydrogen-bond acceptors (Lipinski definition) is 4. The highest BCUT2D eigenvalue weighted by molar-refractivity contribution is 7.89. The van der Waals surface area contributed by atoms with Crippen LogP contribution in [-0.2, 0) is 10.0 Å². The second-order valence-electron chi connectivity index (χ2n) is 7.90. The summed E-state index contributed by atoms with van der Waals surface area (Å²) in [6, 6.07) is 8.56. The number of piperidine rings is 1. The summed E-state index contributed by atoms with van der Waals surface area (Å²) in [5.74, 6) is 0.167. The number of likely N-dealkylation sites (tertiary alicyclic amines) is 1. The van der Waals surface area contributed by atoms with Gasteiger partial charge in [0.25, 0.3) is 5.91 Å². The SMILES string of the molecule is O=C(c1cn[nH]c1C1CCN(S(=O)(=O)c2ccccc2)CC1)N1CCCCCC1. The second-order valence-corrected chi connectivity index (χ2v) is 9.83. The minimum atomic E-state index is -3.47. The number of H-pyrrole nitrogens is 1. The highest BCUT2D eigenvalue weighted by Gasteiger charge is 2.33. The van der Waals surface area contributed by atoms with Crippen LogP contribution < -0.4 is 0 Å². The van der Waals surface area contributed by atoms with E-state index in [-0.39, 0.29) is 11.8 Å². The molecule has 1 aromatic carbocycles. The van der Waals surface area contributed by atoms with Crippen molar-refractivity contribution >= 4 is 15.9 Å². The van der Waals surface area contributed by atoms with E-state index in [1.807, 2.05) is 11.0 Å². The van der Waals surface area contributed by atoms with Gasteiger partial charge in [0.1, 0.15) is 0 Å². The number of sulfonamides is 1. The molecule has 0 aliphatic carbocycles. The van der Waals surface area contributed by atoms with E-state index in [2.05, 4.69) is 10.2 Å². The molecule has 0 atom stereocenters. The molecule has 29 heavy (non-hydrogen) atoms. The molecule has 2 fully saturated rings. The molecule has 8 heteroatoms. The standard InChI is InChI=1S/C21H28N4O3S/c26-21(24-12-6-1-2-7-13-24)19-16-22-23-20(19)17-10-14-25(15-11-17)29(27,28)18-8-4-3-5-9-18/h3-5,8-9,16-17H,1-2,6-7,10-15H2,(H,22,23). The van der Waals surface area contributed by atoms with Crippen LogP contribution in [0.25, 0.3) is 0 Å². The number of carbonyl (C=O) groups excluding carboxylic acids is 1. The van der Waals surface area contributed by atoms with Crippen LogP contribution in [0.15, 0.2) is 41.4 Å². The Morgan fingerprint density at radius 3 is 2.28 bits per heavy atom. The van der Waals surface area contributed by atoms with E-state index < -0.39 is 10.0 Å². The zero-order valence-electron chi connectivity index (χ0n) is 16.6. The third kappa shape index (κ3) is 4.23. The van der Waals surface area contributed by atoms with Crippen molar-refractivity contribution in [3.05, 3.63) is 47.8 Å². The van der Waals surface area contributed by atoms with Gasteiger partial charge in [-0.15, -0.1) is 0 Å². The lowest BCUT2D eigenvalue weighted by Crippen LogP contribution is -2.38. The first-order chi connectivity index (χ1) is 14.1. The molecule has 4 rings (SSSR count). The summed E-state index contributed by atoms with van der Waals surface area (Å²) in [5, 5.41) is 7.18. The van der Waals surface area contributed by atoms with Gasteiger partial charge in [-0.3, -0.25) is 9.89 Å². The van der Waals surface area contributed by atoms with Crippen molar-refractivity contribution in [1.82, 2.24) is 19.4 Å². The van der Waals surface area contributed by atoms with E-state index in [1.165, 1.54) is 12.8 Å². The first-order valence-corrected chi connectivity index (χ1v) is 11.9. The molecule has 7 nitrogen and oxygen atoms in total. The highest BCUT2D eigenvalue weighted by Crippen LogP contribution is 2.32. The predicted octanol–water partition coefficient (Wildman–Crippen LogP) is 2.99. The van der Waals surface area contributed by atoms with Gasteiger partial charge in [-0.05, 0) is 37.8 Å². The van der Waals surface area contributed by atoms with Crippen molar-refractivity contribution in [2.75, 3.05) is 26.2 Å². The summed E-state index contributed by atoms with van der Waals surface area (Å²) in [6.45, 7) is 2.49. The average molecular weight is 417 g/mol. The fraction of sp³-hybridized carbons (Fsp3) is 0.524. The van der Waals surface area contributed by atoms with Gasteiger partial charge in [-0.1, -0.05) is 31.0 Å². The van der Waals surface area contributed by atoms with Crippen molar-refractivity contribution in [2.45, 2.75) is 49.3 Å². The Hall–Kier alpha value is -2.19. The third-order valence-electron chi connectivity index (χ3n) is 6.04. The van der Waals surface area contributed by atoms with Gasteiger partial charge < -0.3 is 4.90 Å². The van der Waals surface area contributed by atoms with E-state index in [1.54, 1.807) is 34.8 Å². The summed E-state index contributed by atoms with van der Waals surface area (Å²) in [7, 11) is -3.47. The fourth-order valence-electron chi connectivity index (χ4n) is 4.35. The molecular formula is C21H28N4O3S. The maximum Gasteiger partial charge on any atom is 0.257 e. The number of hydrogen-bond donors (Lipinski definition) is 1. The van der Waals surface area contributed by atoms with Crippen LogP contribution >= 0.6 is 0 Å². The van der Waals surface area contributed by atoms with Crippen molar-refractivity contribution in [3.63, 3.8) is 0 Å². The third-order valence-corrected chi connectivity index (χ3v) is 7.95. The molecule has 0 bridgehead atoms. The van der Waals surface area contributed by atoms with Gasteiger partial charge in [0.15, 0.2) is 0 Å². The van der Waals surface area contributed by atoms with Crippen LogP contribution in [-0.4, -0.2) is 59.9 Å². The maximum atomic E-state index is 13.0. The topological polar surface area (TPSA) is 86.4 Å². The number of aromatic amines is 1. The van der Waals surface area contributed by atoms with E-state index in [9.17, 15) is 13.2 Å². The lowest BCUT2D eigenvalue weighted by molar-refractivity contribution is 0.0759. The minimum Gasteiger partial charge on any atom is -0.339 e. The van der Waals surface area contributed by atoms with E-state index >= 15 is 0 Å². The molecule has 2 aliphatic heterocycles. The number of benzene rings is 1. The van der Waals surface area contributed by atoms with Crippen LogP contribution in [0.4, 0.5) is 0 Å². The molecule has 1 aromatic heterocycles. The van der Waals surface area contributed by atoms with Crippen LogP contribution in [0, 0.1) is 0 Å². The quantitative estimate of drug-likeness (QED) is 0.830. The Balaban J connectivity index is 1.45. The molecule has 1 amide bonds. The number of aromatic nitrogens is 2. The van der Waals surface area contributed by atoms with E-state index in [0.29, 0.717) is 36.4 Å². The van der Waals surface area contributed by atoms with Crippen LogP contribution in [0.5, 0.6) is 0 Å². The number of amides is 1. The lowest BCUT2D eigenvalue weighted by Gasteiger charge is -2.31. The van der Waals surface area contributed by atoms with Crippen LogP contribution in [0.3, 0.4) is 0 Å². The van der Waals surface area contributed by atoms with Crippen LogP contribution in [0.1, 0.15) is 60.5 Å². The second kappa shape index (κ2) is 8.67. The van der Waals surface area contributed by atoms with E-state index in [4.69, 9.17) is 0 Å². The van der Waals surface area contributed by atoms with Crippen LogP contribution in [0.2, 0.25) is 0 Å². The molecule has 0 unspecified atom stereocenters. The maximum absolute atomic E-state index is 13.0. The molecule has 0 radical (unpaired) electrons. The molecule has 2 saturated heterocycles. The molecule has 0 saturated carbocycles. The molecule has 1 N–H and O–H groups in total. The molecule has 2 aromatic rings. The predicted molar refractivity (Wildman–Crippen MR) is 110 cm³/mol. The molecule has 2 aliphatic rings. The molecule has 0 spiro atoms. The number of nitrogens with one attached hydrogen (secondary N) is 1. The zero-order valence-corrected chi connectivity index (χ0v) is 17.4. The number of rotatable bonds is 4. The normalized spacial score (nSPS) is 19.8. The Kier molecular flexibility index (Phi) is 6.01. The van der Waals surface area contributed by atoms with Gasteiger partial charge in [0.05, 0.1) is 22.3 Å². The van der Waals surface area contributed by atoms with Gasteiger partial charge >= 0.3 is 0 Å². The van der Waals surface area contributed by atoms with Crippen molar-refractivity contribution in [3.8, 4) is 0 Å². The van der Waals surface area contributed by atoms with Crippen molar-refractivity contribution in [2.24, 2.45) is 0 Å². The fourth-order valence-corrected chi connectivity index (χ4v) is 5.84. The average Bonchev–Trinajstić information content (AvgIpc) is 3.09. The monoisotopic (exact) mass is 416 g/mol. The Labute approximate surface area is 172 Å². The summed E-state index contributed by atoms with van der Waals surface area (Å²) >= 11 is 0. The number of carbonyl (C=O) groups is 1. The summed E-state index contributed by atoms with van der Waals surface area (Å²) in [4.78, 5) is 15.3. The first kappa shape index (κ1) is 20.1. The lowest BCUT2D eigenvalue weighted by atomic mass is 9.92. The minimum absolute atomic E-state index is 0.0509.